The van der Waals surface area contributed by atoms with Gasteiger partial charge in [-0.2, -0.15) is 0 Å². The minimum Gasteiger partial charge on any atom is -0.490 e. The Hall–Kier alpha value is -3.62. The van der Waals surface area contributed by atoms with Crippen molar-refractivity contribution in [2.75, 3.05) is 44.2 Å². The van der Waals surface area contributed by atoms with Crippen LogP contribution in [0.15, 0.2) is 30.6 Å². The van der Waals surface area contributed by atoms with Gasteiger partial charge in [-0.15, -0.1) is 0 Å². The summed E-state index contributed by atoms with van der Waals surface area (Å²) in [6.07, 6.45) is 8.20. The molecule has 3 heterocycles. The lowest BCUT2D eigenvalue weighted by Gasteiger charge is -2.42. The molecule has 1 aromatic heterocycles. The molecule has 0 bridgehead atoms. The van der Waals surface area contributed by atoms with E-state index in [1.54, 1.807) is 30.6 Å². The van der Waals surface area contributed by atoms with Crippen LogP contribution in [0.25, 0.3) is 4.85 Å². The molecule has 11 nitrogen and oxygen atoms in total. The highest BCUT2D eigenvalue weighted by Crippen LogP contribution is 2.31. The van der Waals surface area contributed by atoms with E-state index >= 15 is 0 Å². The van der Waals surface area contributed by atoms with Gasteiger partial charge in [0.1, 0.15) is 11.4 Å². The number of ether oxygens (including phenoxy) is 2. The maximum Gasteiger partial charge on any atom is 0.410 e. The molecule has 0 radical (unpaired) electrons. The van der Waals surface area contributed by atoms with E-state index < -0.39 is 5.60 Å². The van der Waals surface area contributed by atoms with E-state index in [-0.39, 0.29) is 24.1 Å². The van der Waals surface area contributed by atoms with Crippen LogP contribution in [-0.4, -0.2) is 94.8 Å². The predicted molar refractivity (Wildman–Crippen MR) is 168 cm³/mol. The van der Waals surface area contributed by atoms with Crippen LogP contribution in [0.3, 0.4) is 0 Å². The van der Waals surface area contributed by atoms with Crippen molar-refractivity contribution < 1.29 is 19.1 Å². The molecule has 2 amide bonds. The van der Waals surface area contributed by atoms with Gasteiger partial charge < -0.3 is 24.6 Å². The Bertz CT molecular complexity index is 1340. The molecule has 5 rings (SSSR count). The van der Waals surface area contributed by atoms with Gasteiger partial charge in [0.25, 0.3) is 5.91 Å². The van der Waals surface area contributed by atoms with Crippen molar-refractivity contribution >= 4 is 35.2 Å². The lowest BCUT2D eigenvalue weighted by Crippen LogP contribution is -2.54. The van der Waals surface area contributed by atoms with Crippen LogP contribution < -0.4 is 15.0 Å². The summed E-state index contributed by atoms with van der Waals surface area (Å²) in [5, 5.41) is 3.52. The number of likely N-dealkylation sites (tertiary alicyclic amines) is 1. The number of amides is 2. The number of halogens is 1. The fourth-order valence-electron chi connectivity index (χ4n) is 6.07. The van der Waals surface area contributed by atoms with Gasteiger partial charge in [-0.1, -0.05) is 17.7 Å². The molecule has 1 aliphatic carbocycles. The molecule has 3 fully saturated rings. The number of anilines is 1. The molecule has 1 saturated carbocycles. The summed E-state index contributed by atoms with van der Waals surface area (Å²) in [5.41, 5.74) is 0.392. The van der Waals surface area contributed by atoms with E-state index in [1.807, 2.05) is 25.7 Å². The second-order valence-electron chi connectivity index (χ2n) is 12.8. The standard InChI is InChI=1S/C32H42ClN7O4/c1-32(2,3)44-31(42)40-13-11-24(12-14-40)38-15-17-39(18-16-38)30-35-20-22(21-36-30)29(41)37-23-5-7-25(8-6-23)43-26-9-10-28(34-4)27(33)19-26/h9-10,19-21,23-25H,5-8,11-18H2,1-3H3,(H,37,41). The summed E-state index contributed by atoms with van der Waals surface area (Å²) in [6, 6.07) is 5.66. The van der Waals surface area contributed by atoms with Gasteiger partial charge in [-0.3, -0.25) is 9.69 Å². The zero-order valence-corrected chi connectivity index (χ0v) is 26.6. The number of benzene rings is 1. The summed E-state index contributed by atoms with van der Waals surface area (Å²) < 4.78 is 11.6. The molecule has 236 valence electrons. The SMILES string of the molecule is [C-]#[N+]c1ccc(OC2CCC(NC(=O)c3cnc(N4CCN(C5CCN(C(=O)OC(C)(C)C)CC5)CC4)nc3)CC2)cc1Cl. The van der Waals surface area contributed by atoms with Crippen LogP contribution in [-0.2, 0) is 4.74 Å². The maximum atomic E-state index is 12.9. The number of piperidine rings is 1. The van der Waals surface area contributed by atoms with Crippen molar-refractivity contribution in [1.29, 1.82) is 0 Å². The Balaban J connectivity index is 1.02. The van der Waals surface area contributed by atoms with Crippen molar-refractivity contribution in [3.8, 4) is 5.75 Å². The minimum absolute atomic E-state index is 0.0473. The third kappa shape index (κ3) is 8.30. The fraction of sp³-hybridized carbons (Fsp3) is 0.594. The number of aromatic nitrogens is 2. The number of carbonyl (C=O) groups excluding carboxylic acids is 2. The first-order valence-electron chi connectivity index (χ1n) is 15.5. The number of nitrogens with zero attached hydrogens (tertiary/aromatic N) is 6. The van der Waals surface area contributed by atoms with E-state index in [0.29, 0.717) is 34.0 Å². The van der Waals surface area contributed by atoms with Crippen molar-refractivity contribution in [2.24, 2.45) is 0 Å². The highest BCUT2D eigenvalue weighted by Gasteiger charge is 2.31. The first-order chi connectivity index (χ1) is 21.1. The highest BCUT2D eigenvalue weighted by molar-refractivity contribution is 6.33. The molecule has 1 N–H and O–H groups in total. The Morgan fingerprint density at radius 3 is 2.23 bits per heavy atom. The molecule has 0 unspecified atom stereocenters. The number of nitrogens with one attached hydrogen (secondary N) is 1. The number of hydrogen-bond acceptors (Lipinski definition) is 8. The van der Waals surface area contributed by atoms with Gasteiger partial charge >= 0.3 is 6.09 Å². The summed E-state index contributed by atoms with van der Waals surface area (Å²) in [4.78, 5) is 44.2. The normalized spacial score (nSPS) is 21.8. The van der Waals surface area contributed by atoms with Crippen LogP contribution in [0, 0.1) is 6.57 Å². The lowest BCUT2D eigenvalue weighted by atomic mass is 9.92. The molecular weight excluding hydrogens is 582 g/mol. The average molecular weight is 624 g/mol. The van der Waals surface area contributed by atoms with E-state index in [4.69, 9.17) is 27.6 Å². The first-order valence-corrected chi connectivity index (χ1v) is 15.9. The van der Waals surface area contributed by atoms with E-state index in [1.165, 1.54) is 0 Å². The molecule has 3 aliphatic rings. The fourth-order valence-corrected chi connectivity index (χ4v) is 6.28. The lowest BCUT2D eigenvalue weighted by molar-refractivity contribution is 0.0139. The Morgan fingerprint density at radius 1 is 0.977 bits per heavy atom. The Morgan fingerprint density at radius 2 is 1.64 bits per heavy atom. The molecule has 44 heavy (non-hydrogen) atoms. The Kier molecular flexibility index (Phi) is 10.1. The third-order valence-electron chi connectivity index (χ3n) is 8.48. The second-order valence-corrected chi connectivity index (χ2v) is 13.2. The molecule has 2 aromatic rings. The summed E-state index contributed by atoms with van der Waals surface area (Å²) in [5.74, 6) is 1.14. The van der Waals surface area contributed by atoms with E-state index in [0.717, 1.165) is 77.8 Å². The quantitative estimate of drug-likeness (QED) is 0.431. The van der Waals surface area contributed by atoms with E-state index in [9.17, 15) is 9.59 Å². The van der Waals surface area contributed by atoms with Gasteiger partial charge in [0, 0.05) is 63.7 Å². The molecular formula is C32H42ClN7O4. The molecule has 2 aliphatic heterocycles. The summed E-state index contributed by atoms with van der Waals surface area (Å²) in [7, 11) is 0. The monoisotopic (exact) mass is 623 g/mol. The van der Waals surface area contributed by atoms with Crippen molar-refractivity contribution in [3.63, 3.8) is 0 Å². The van der Waals surface area contributed by atoms with Crippen LogP contribution in [0.2, 0.25) is 5.02 Å². The van der Waals surface area contributed by atoms with Gasteiger partial charge in [-0.05, 0) is 71.4 Å². The maximum absolute atomic E-state index is 12.9. The highest BCUT2D eigenvalue weighted by atomic mass is 35.5. The summed E-state index contributed by atoms with van der Waals surface area (Å²) >= 11 is 6.13. The van der Waals surface area contributed by atoms with Crippen LogP contribution >= 0.6 is 11.6 Å². The zero-order chi connectivity index (χ0) is 31.3. The minimum atomic E-state index is -0.476. The first kappa shape index (κ1) is 31.8. The third-order valence-corrected chi connectivity index (χ3v) is 8.78. The van der Waals surface area contributed by atoms with Crippen LogP contribution in [0.1, 0.15) is 69.7 Å². The average Bonchev–Trinajstić information content (AvgIpc) is 3.01. The summed E-state index contributed by atoms with van der Waals surface area (Å²) in [6.45, 7) is 17.7. The van der Waals surface area contributed by atoms with Crippen LogP contribution in [0.5, 0.6) is 5.75 Å². The van der Waals surface area contributed by atoms with Gasteiger partial charge in [0.2, 0.25) is 11.6 Å². The predicted octanol–water partition coefficient (Wildman–Crippen LogP) is 5.32. The molecule has 0 atom stereocenters. The largest absolute Gasteiger partial charge is 0.490 e. The number of hydrogen-bond donors (Lipinski definition) is 1. The smallest absolute Gasteiger partial charge is 0.410 e. The molecule has 12 heteroatoms. The molecule has 0 spiro atoms. The zero-order valence-electron chi connectivity index (χ0n) is 25.8. The van der Waals surface area contributed by atoms with Gasteiger partial charge in [0.05, 0.1) is 23.3 Å². The second kappa shape index (κ2) is 14.0. The molecule has 1 aromatic carbocycles. The van der Waals surface area contributed by atoms with Crippen LogP contribution in [0.4, 0.5) is 16.4 Å². The van der Waals surface area contributed by atoms with Crippen molar-refractivity contribution in [2.45, 2.75) is 83.1 Å². The van der Waals surface area contributed by atoms with Crippen molar-refractivity contribution in [3.05, 3.63) is 52.6 Å². The number of piperazine rings is 1. The molecule has 2 saturated heterocycles. The van der Waals surface area contributed by atoms with Gasteiger partial charge in [-0.25, -0.2) is 19.6 Å². The van der Waals surface area contributed by atoms with E-state index in [2.05, 4.69) is 29.9 Å². The van der Waals surface area contributed by atoms with Crippen molar-refractivity contribution in [1.82, 2.24) is 25.1 Å². The van der Waals surface area contributed by atoms with Gasteiger partial charge in [0.15, 0.2) is 0 Å². The number of rotatable bonds is 6. The Labute approximate surface area is 264 Å². The number of carbonyl (C=O) groups is 2. The topological polar surface area (TPSA) is 104 Å².